The van der Waals surface area contributed by atoms with Gasteiger partial charge in [-0.05, 0) is 49.8 Å². The second-order valence-corrected chi connectivity index (χ2v) is 6.64. The van der Waals surface area contributed by atoms with Crippen LogP contribution in [-0.4, -0.2) is 29.9 Å². The molecule has 5 rings (SSSR count). The molecule has 0 amide bonds. The van der Waals surface area contributed by atoms with E-state index in [0.717, 1.165) is 38.0 Å². The third-order valence-electron chi connectivity index (χ3n) is 5.99. The van der Waals surface area contributed by atoms with Crippen LogP contribution in [0.15, 0.2) is 18.2 Å². The second-order valence-electron chi connectivity index (χ2n) is 6.64. The first-order valence-electron chi connectivity index (χ1n) is 7.51. The molecule has 0 radical (unpaired) electrons. The summed E-state index contributed by atoms with van der Waals surface area (Å²) in [5, 5.41) is 14.2. The van der Waals surface area contributed by atoms with E-state index in [9.17, 15) is 5.11 Å². The topological polar surface area (TPSA) is 41.5 Å². The summed E-state index contributed by atoms with van der Waals surface area (Å²) in [6.07, 6.45) is 3.95. The van der Waals surface area contributed by atoms with E-state index in [-0.39, 0.29) is 17.6 Å². The molecule has 4 aliphatic rings. The van der Waals surface area contributed by atoms with E-state index in [1.54, 1.807) is 0 Å². The van der Waals surface area contributed by atoms with E-state index < -0.39 is 0 Å². The van der Waals surface area contributed by atoms with Gasteiger partial charge in [0.2, 0.25) is 0 Å². The van der Waals surface area contributed by atoms with Crippen LogP contribution < -0.4 is 10.1 Å². The second kappa shape index (κ2) is 3.33. The molecule has 3 nitrogen and oxygen atoms in total. The summed E-state index contributed by atoms with van der Waals surface area (Å²) < 4.78 is 6.21. The first kappa shape index (κ1) is 10.7. The quantitative estimate of drug-likeness (QED) is 0.737. The van der Waals surface area contributed by atoms with Crippen molar-refractivity contribution in [2.24, 2.45) is 5.92 Å². The van der Waals surface area contributed by atoms with E-state index >= 15 is 0 Å². The van der Waals surface area contributed by atoms with Crippen LogP contribution in [0.3, 0.4) is 0 Å². The molecule has 1 aromatic carbocycles. The average molecular weight is 257 g/mol. The fourth-order valence-corrected chi connectivity index (χ4v) is 5.41. The van der Waals surface area contributed by atoms with Crippen molar-refractivity contribution in [1.29, 1.82) is 0 Å². The van der Waals surface area contributed by atoms with Gasteiger partial charge >= 0.3 is 0 Å². The van der Waals surface area contributed by atoms with Crippen LogP contribution in [0, 0.1) is 5.92 Å². The maximum atomic E-state index is 10.4. The molecule has 3 heteroatoms. The summed E-state index contributed by atoms with van der Waals surface area (Å²) in [6, 6.07) is 7.03. The normalized spacial score (nSPS) is 45.5. The Bertz CT molecular complexity index is 558. The zero-order valence-electron chi connectivity index (χ0n) is 10.9. The highest BCUT2D eigenvalue weighted by Crippen LogP contribution is 2.60. The summed E-state index contributed by atoms with van der Waals surface area (Å²) in [5.41, 5.74) is 2.99. The zero-order chi connectivity index (χ0) is 12.6. The summed E-state index contributed by atoms with van der Waals surface area (Å²) in [7, 11) is 0. The molecule has 2 bridgehead atoms. The Balaban J connectivity index is 1.82. The van der Waals surface area contributed by atoms with Crippen LogP contribution >= 0.6 is 0 Å². The van der Waals surface area contributed by atoms with Crippen molar-refractivity contribution in [3.8, 4) is 5.75 Å². The lowest BCUT2D eigenvalue weighted by Gasteiger charge is -2.56. The highest BCUT2D eigenvalue weighted by atomic mass is 16.5. The van der Waals surface area contributed by atoms with Gasteiger partial charge in [-0.3, -0.25) is 0 Å². The van der Waals surface area contributed by atoms with Gasteiger partial charge in [-0.25, -0.2) is 0 Å². The van der Waals surface area contributed by atoms with Gasteiger partial charge in [0.05, 0.1) is 6.10 Å². The van der Waals surface area contributed by atoms with Crippen LogP contribution in [0.25, 0.3) is 0 Å². The first-order valence-corrected chi connectivity index (χ1v) is 7.51. The minimum Gasteiger partial charge on any atom is -0.486 e. The lowest BCUT2D eigenvalue weighted by molar-refractivity contribution is -0.0758. The molecule has 19 heavy (non-hydrogen) atoms. The Morgan fingerprint density at radius 1 is 1.32 bits per heavy atom. The number of piperidine rings is 1. The molecule has 100 valence electrons. The fourth-order valence-electron chi connectivity index (χ4n) is 5.41. The Kier molecular flexibility index (Phi) is 1.88. The van der Waals surface area contributed by atoms with Crippen molar-refractivity contribution in [3.63, 3.8) is 0 Å². The number of hydrogen-bond acceptors (Lipinski definition) is 3. The molecule has 0 aromatic heterocycles. The number of ether oxygens (including phenoxy) is 1. The number of rotatable bonds is 0. The van der Waals surface area contributed by atoms with Crippen molar-refractivity contribution in [2.45, 2.75) is 49.3 Å². The van der Waals surface area contributed by atoms with Gasteiger partial charge in [-0.15, -0.1) is 0 Å². The van der Waals surface area contributed by atoms with Crippen molar-refractivity contribution >= 4 is 0 Å². The highest BCUT2D eigenvalue weighted by molar-refractivity contribution is 5.54. The third-order valence-corrected chi connectivity index (χ3v) is 5.99. The van der Waals surface area contributed by atoms with Crippen LogP contribution in [0.4, 0.5) is 0 Å². The van der Waals surface area contributed by atoms with Gasteiger partial charge in [-0.2, -0.15) is 0 Å². The average Bonchev–Trinajstić information content (AvgIpc) is 2.74. The van der Waals surface area contributed by atoms with Gasteiger partial charge in [-0.1, -0.05) is 12.1 Å². The monoisotopic (exact) mass is 257 g/mol. The Morgan fingerprint density at radius 3 is 3.21 bits per heavy atom. The lowest BCUT2D eigenvalue weighted by atomic mass is 9.52. The summed E-state index contributed by atoms with van der Waals surface area (Å²) in [6.45, 7) is 1.06. The van der Waals surface area contributed by atoms with Crippen molar-refractivity contribution in [3.05, 3.63) is 29.3 Å². The van der Waals surface area contributed by atoms with Gasteiger partial charge in [0.25, 0.3) is 0 Å². The van der Waals surface area contributed by atoms with Crippen molar-refractivity contribution < 1.29 is 9.84 Å². The molecule has 2 fully saturated rings. The largest absolute Gasteiger partial charge is 0.486 e. The number of aliphatic hydroxyl groups is 1. The first-order chi connectivity index (χ1) is 9.30. The van der Waals surface area contributed by atoms with Gasteiger partial charge in [0.15, 0.2) is 0 Å². The van der Waals surface area contributed by atoms with Crippen LogP contribution in [0.5, 0.6) is 5.75 Å². The highest BCUT2D eigenvalue weighted by Gasteiger charge is 2.63. The smallest absolute Gasteiger partial charge is 0.135 e. The molecule has 2 N–H and O–H groups in total. The van der Waals surface area contributed by atoms with E-state index in [1.807, 2.05) is 0 Å². The molecule has 1 saturated carbocycles. The predicted molar refractivity (Wildman–Crippen MR) is 71.4 cm³/mol. The number of benzene rings is 1. The molecular formula is C16H19NO2. The van der Waals surface area contributed by atoms with E-state index in [1.165, 1.54) is 11.1 Å². The summed E-state index contributed by atoms with van der Waals surface area (Å²) >= 11 is 0. The molecule has 0 unspecified atom stereocenters. The molecule has 1 spiro atoms. The minimum absolute atomic E-state index is 0.00713. The van der Waals surface area contributed by atoms with Crippen LogP contribution in [0.1, 0.15) is 30.4 Å². The zero-order valence-corrected chi connectivity index (χ0v) is 10.9. The van der Waals surface area contributed by atoms with E-state index in [4.69, 9.17) is 4.74 Å². The minimum atomic E-state index is -0.298. The number of aliphatic hydroxyl groups excluding tert-OH is 1. The standard InChI is InChI=1S/C16H19NO2/c18-12-5-4-10-11-8-9-2-1-3-13-14(9)16(10,6-7-17-11)15(12)19-13/h1-3,10-12,15,17-18H,4-8H2/t10-,11+,12-,15-,16-/m0/s1. The Hall–Kier alpha value is -1.06. The molecule has 2 heterocycles. The van der Waals surface area contributed by atoms with Crippen LogP contribution in [-0.2, 0) is 11.8 Å². The summed E-state index contributed by atoms with van der Waals surface area (Å²) in [4.78, 5) is 0. The predicted octanol–water partition coefficient (Wildman–Crippen LogP) is 1.37. The van der Waals surface area contributed by atoms with Crippen molar-refractivity contribution in [1.82, 2.24) is 5.32 Å². The fraction of sp³-hybridized carbons (Fsp3) is 0.625. The van der Waals surface area contributed by atoms with Gasteiger partial charge in [0, 0.05) is 17.0 Å². The number of nitrogens with one attached hydrogen (secondary N) is 1. The molecule has 1 saturated heterocycles. The molecule has 5 atom stereocenters. The van der Waals surface area contributed by atoms with Crippen LogP contribution in [0.2, 0.25) is 0 Å². The van der Waals surface area contributed by atoms with Gasteiger partial charge in [0.1, 0.15) is 11.9 Å². The summed E-state index contributed by atoms with van der Waals surface area (Å²) in [5.74, 6) is 1.69. The Morgan fingerprint density at radius 2 is 2.26 bits per heavy atom. The molecule has 2 aliphatic carbocycles. The van der Waals surface area contributed by atoms with Crippen molar-refractivity contribution in [2.75, 3.05) is 6.54 Å². The third kappa shape index (κ3) is 1.09. The Labute approximate surface area is 113 Å². The molecular weight excluding hydrogens is 238 g/mol. The molecule has 2 aliphatic heterocycles. The lowest BCUT2D eigenvalue weighted by Crippen LogP contribution is -2.66. The SMILES string of the molecule is O[C@H]1CC[C@H]2[C@H]3Cc4cccc5c4[C@@]2(CCN3)[C@H]1O5. The van der Waals surface area contributed by atoms with E-state index in [2.05, 4.69) is 23.5 Å². The van der Waals surface area contributed by atoms with Gasteiger partial charge < -0.3 is 15.2 Å². The number of hydrogen-bond donors (Lipinski definition) is 2. The maximum Gasteiger partial charge on any atom is 0.135 e. The van der Waals surface area contributed by atoms with E-state index in [0.29, 0.717) is 12.0 Å². The molecule has 1 aromatic rings. The maximum absolute atomic E-state index is 10.4.